The first-order chi connectivity index (χ1) is 11.9. The number of rotatable bonds is 5. The van der Waals surface area contributed by atoms with Crippen molar-refractivity contribution in [1.82, 2.24) is 4.31 Å². The van der Waals surface area contributed by atoms with Crippen LogP contribution in [0.5, 0.6) is 5.75 Å². The maximum atomic E-state index is 13.4. The van der Waals surface area contributed by atoms with E-state index in [9.17, 15) is 17.6 Å². The van der Waals surface area contributed by atoms with Crippen LogP contribution in [0, 0.1) is 5.82 Å². The molecular formula is C17H17FN2O4S. The maximum Gasteiger partial charge on any atom is 0.244 e. The van der Waals surface area contributed by atoms with Crippen LogP contribution in [-0.4, -0.2) is 37.3 Å². The first kappa shape index (κ1) is 17.4. The molecular weight excluding hydrogens is 347 g/mol. The van der Waals surface area contributed by atoms with Crippen LogP contribution in [0.2, 0.25) is 0 Å². The molecule has 2 aromatic carbocycles. The predicted molar refractivity (Wildman–Crippen MR) is 88.7 cm³/mol. The minimum atomic E-state index is -4.07. The molecule has 1 heterocycles. The van der Waals surface area contributed by atoms with E-state index in [-0.39, 0.29) is 17.9 Å². The van der Waals surface area contributed by atoms with E-state index >= 15 is 0 Å². The van der Waals surface area contributed by atoms with Gasteiger partial charge in [-0.25, -0.2) is 12.8 Å². The fraction of sp³-hybridized carbons (Fsp3) is 0.235. The predicted octanol–water partition coefficient (Wildman–Crippen LogP) is 1.52. The summed E-state index contributed by atoms with van der Waals surface area (Å²) in [5.74, 6) is -0.868. The van der Waals surface area contributed by atoms with E-state index < -0.39 is 33.9 Å². The van der Waals surface area contributed by atoms with Crippen molar-refractivity contribution in [3.8, 4) is 5.75 Å². The molecule has 2 N–H and O–H groups in total. The van der Waals surface area contributed by atoms with E-state index in [1.807, 2.05) is 6.07 Å². The Balaban J connectivity index is 1.87. The summed E-state index contributed by atoms with van der Waals surface area (Å²) in [6, 6.07) is 12.5. The molecule has 2 aromatic rings. The third kappa shape index (κ3) is 3.64. The summed E-state index contributed by atoms with van der Waals surface area (Å²) in [7, 11) is -4.07. The fourth-order valence-corrected chi connectivity index (χ4v) is 4.50. The Labute approximate surface area is 145 Å². The van der Waals surface area contributed by atoms with Crippen LogP contribution in [0.15, 0.2) is 59.5 Å². The lowest BCUT2D eigenvalue weighted by Crippen LogP contribution is -2.43. The molecule has 2 atom stereocenters. The summed E-state index contributed by atoms with van der Waals surface area (Å²) in [6.45, 7) is -0.0403. The number of benzene rings is 2. The number of amides is 1. The molecule has 0 unspecified atom stereocenters. The van der Waals surface area contributed by atoms with Gasteiger partial charge in [-0.05, 0) is 30.3 Å². The summed E-state index contributed by atoms with van der Waals surface area (Å²) < 4.78 is 45.7. The van der Waals surface area contributed by atoms with Crippen LogP contribution < -0.4 is 10.5 Å². The van der Waals surface area contributed by atoms with Crippen molar-refractivity contribution < 1.29 is 22.3 Å². The Morgan fingerprint density at radius 3 is 2.52 bits per heavy atom. The first-order valence-electron chi connectivity index (χ1n) is 7.66. The molecule has 0 saturated carbocycles. The van der Waals surface area contributed by atoms with Crippen LogP contribution in [0.25, 0.3) is 0 Å². The number of carbonyl (C=O) groups is 1. The zero-order chi connectivity index (χ0) is 18.0. The lowest BCUT2D eigenvalue weighted by Gasteiger charge is -2.21. The third-order valence-electron chi connectivity index (χ3n) is 3.99. The van der Waals surface area contributed by atoms with Gasteiger partial charge in [-0.15, -0.1) is 0 Å². The molecule has 0 bridgehead atoms. The molecule has 1 aliphatic heterocycles. The zero-order valence-corrected chi connectivity index (χ0v) is 14.0. The van der Waals surface area contributed by atoms with Gasteiger partial charge in [0.1, 0.15) is 23.7 Å². The largest absolute Gasteiger partial charge is 0.489 e. The van der Waals surface area contributed by atoms with Crippen molar-refractivity contribution in [2.75, 3.05) is 6.54 Å². The van der Waals surface area contributed by atoms with Crippen molar-refractivity contribution in [3.63, 3.8) is 0 Å². The number of carbonyl (C=O) groups excluding carboxylic acids is 1. The third-order valence-corrected chi connectivity index (χ3v) is 5.87. The number of ether oxygens (including phenoxy) is 1. The molecule has 1 saturated heterocycles. The molecule has 132 valence electrons. The van der Waals surface area contributed by atoms with Crippen LogP contribution in [0.1, 0.15) is 6.42 Å². The van der Waals surface area contributed by atoms with Crippen molar-refractivity contribution in [1.29, 1.82) is 0 Å². The van der Waals surface area contributed by atoms with Crippen LogP contribution in [0.3, 0.4) is 0 Å². The Morgan fingerprint density at radius 1 is 1.16 bits per heavy atom. The normalized spacial score (nSPS) is 21.2. The van der Waals surface area contributed by atoms with Gasteiger partial charge in [-0.1, -0.05) is 24.3 Å². The second-order valence-corrected chi connectivity index (χ2v) is 7.63. The van der Waals surface area contributed by atoms with E-state index in [1.165, 1.54) is 12.1 Å². The number of primary amides is 1. The van der Waals surface area contributed by atoms with Crippen LogP contribution >= 0.6 is 0 Å². The van der Waals surface area contributed by atoms with Gasteiger partial charge in [0.05, 0.1) is 11.4 Å². The standard InChI is InChI=1S/C17H17FN2O4S/c18-12-5-4-8-15(9-12)25(22,23)20-11-14(10-16(20)17(19)21)24-13-6-2-1-3-7-13/h1-9,14,16H,10-11H2,(H2,19,21)/t14-,16-/m0/s1. The Bertz CT molecular complexity index is 873. The summed E-state index contributed by atoms with van der Waals surface area (Å²) in [4.78, 5) is 11.5. The minimum absolute atomic E-state index is 0.0403. The monoisotopic (exact) mass is 364 g/mol. The summed E-state index contributed by atoms with van der Waals surface area (Å²) in [5, 5.41) is 0. The van der Waals surface area contributed by atoms with Gasteiger partial charge in [-0.2, -0.15) is 4.31 Å². The van der Waals surface area contributed by atoms with E-state index in [2.05, 4.69) is 0 Å². The number of para-hydroxylation sites is 1. The Morgan fingerprint density at radius 2 is 1.88 bits per heavy atom. The molecule has 8 heteroatoms. The molecule has 0 aromatic heterocycles. The van der Waals surface area contributed by atoms with Crippen molar-refractivity contribution in [2.45, 2.75) is 23.5 Å². The topological polar surface area (TPSA) is 89.7 Å². The van der Waals surface area contributed by atoms with Crippen molar-refractivity contribution in [2.24, 2.45) is 5.73 Å². The highest BCUT2D eigenvalue weighted by atomic mass is 32.2. The summed E-state index contributed by atoms with van der Waals surface area (Å²) in [6.07, 6.45) is -0.387. The molecule has 25 heavy (non-hydrogen) atoms. The molecule has 1 amide bonds. The number of hydrogen-bond acceptors (Lipinski definition) is 4. The van der Waals surface area contributed by atoms with E-state index in [1.54, 1.807) is 24.3 Å². The highest BCUT2D eigenvalue weighted by Gasteiger charge is 2.44. The summed E-state index contributed by atoms with van der Waals surface area (Å²) in [5.41, 5.74) is 5.37. The van der Waals surface area contributed by atoms with Crippen molar-refractivity contribution in [3.05, 3.63) is 60.4 Å². The van der Waals surface area contributed by atoms with Gasteiger partial charge < -0.3 is 10.5 Å². The second-order valence-electron chi connectivity index (χ2n) is 5.74. The maximum absolute atomic E-state index is 13.4. The Kier molecular flexibility index (Phi) is 4.73. The minimum Gasteiger partial charge on any atom is -0.489 e. The van der Waals surface area contributed by atoms with Crippen LogP contribution in [0.4, 0.5) is 4.39 Å². The highest BCUT2D eigenvalue weighted by Crippen LogP contribution is 2.29. The molecule has 0 aliphatic carbocycles. The molecule has 0 radical (unpaired) electrons. The van der Waals surface area contributed by atoms with E-state index in [4.69, 9.17) is 10.5 Å². The summed E-state index contributed by atoms with van der Waals surface area (Å²) >= 11 is 0. The van der Waals surface area contributed by atoms with Crippen LogP contribution in [-0.2, 0) is 14.8 Å². The first-order valence-corrected chi connectivity index (χ1v) is 9.10. The Hall–Kier alpha value is -2.45. The zero-order valence-electron chi connectivity index (χ0n) is 13.2. The average molecular weight is 364 g/mol. The van der Waals surface area contributed by atoms with Gasteiger partial charge >= 0.3 is 0 Å². The second kappa shape index (κ2) is 6.81. The highest BCUT2D eigenvalue weighted by molar-refractivity contribution is 7.89. The van der Waals surface area contributed by atoms with Gasteiger partial charge in [0.15, 0.2) is 0 Å². The number of hydrogen-bond donors (Lipinski definition) is 1. The smallest absolute Gasteiger partial charge is 0.244 e. The number of sulfonamides is 1. The molecule has 0 spiro atoms. The van der Waals surface area contributed by atoms with E-state index in [0.29, 0.717) is 5.75 Å². The average Bonchev–Trinajstić information content (AvgIpc) is 3.01. The molecule has 1 aliphatic rings. The SMILES string of the molecule is NC(=O)[C@@H]1C[C@H](Oc2ccccc2)CN1S(=O)(=O)c1cccc(F)c1. The lowest BCUT2D eigenvalue weighted by molar-refractivity contribution is -0.121. The number of nitrogens with two attached hydrogens (primary N) is 1. The van der Waals surface area contributed by atoms with Crippen molar-refractivity contribution >= 4 is 15.9 Å². The van der Waals surface area contributed by atoms with Gasteiger partial charge in [0.2, 0.25) is 15.9 Å². The van der Waals surface area contributed by atoms with E-state index in [0.717, 1.165) is 16.4 Å². The number of halogens is 1. The molecule has 3 rings (SSSR count). The molecule has 6 nitrogen and oxygen atoms in total. The number of nitrogens with zero attached hydrogens (tertiary/aromatic N) is 1. The molecule has 1 fully saturated rings. The quantitative estimate of drug-likeness (QED) is 0.871. The van der Waals surface area contributed by atoms with Gasteiger partial charge in [0, 0.05) is 6.42 Å². The van der Waals surface area contributed by atoms with Gasteiger partial charge in [0.25, 0.3) is 0 Å². The fourth-order valence-electron chi connectivity index (χ4n) is 2.83. The lowest BCUT2D eigenvalue weighted by atomic mass is 10.2. The van der Waals surface area contributed by atoms with Gasteiger partial charge in [-0.3, -0.25) is 4.79 Å².